The summed E-state index contributed by atoms with van der Waals surface area (Å²) in [6.45, 7) is 13.6. The Morgan fingerprint density at radius 1 is 1.41 bits per heavy atom. The molecule has 5 N–H and O–H groups in total. The van der Waals surface area contributed by atoms with Crippen LogP contribution in [0, 0.1) is 5.92 Å². The zero-order valence-electron chi connectivity index (χ0n) is 16.8. The van der Waals surface area contributed by atoms with Gasteiger partial charge < -0.3 is 20.3 Å². The maximum absolute atomic E-state index is 11.9. The maximum atomic E-state index is 11.9. The normalized spacial score (nSPS) is 22.0. The predicted octanol–water partition coefficient (Wildman–Crippen LogP) is 1.65. The molecule has 0 saturated carbocycles. The standard InChI is InChI=1S/C18H31N5O3Si/c1-18(2,3)27(4,5)26-10-12-8-23(9-13(12)24)7-11-6-20-15-14(11)21-17(19)22-16(15)25/h6,12-13,20,24H,7-10H2,1-5H3,(H3,19,21,22,25). The second-order valence-electron chi connectivity index (χ2n) is 9.08. The summed E-state index contributed by atoms with van der Waals surface area (Å²) in [6.07, 6.45) is 1.37. The van der Waals surface area contributed by atoms with Crippen molar-refractivity contribution < 1.29 is 9.53 Å². The summed E-state index contributed by atoms with van der Waals surface area (Å²) in [5.74, 6) is 0.196. The van der Waals surface area contributed by atoms with Crippen LogP contribution < -0.4 is 11.3 Å². The van der Waals surface area contributed by atoms with E-state index in [9.17, 15) is 9.90 Å². The van der Waals surface area contributed by atoms with E-state index in [1.165, 1.54) is 0 Å². The molecule has 1 aliphatic heterocycles. The van der Waals surface area contributed by atoms with Crippen molar-refractivity contribution in [2.24, 2.45) is 5.92 Å². The van der Waals surface area contributed by atoms with Crippen LogP contribution in [-0.4, -0.2) is 59.1 Å². The molecule has 0 bridgehead atoms. The molecule has 0 amide bonds. The highest BCUT2D eigenvalue weighted by molar-refractivity contribution is 6.74. The van der Waals surface area contributed by atoms with Crippen molar-refractivity contribution in [3.05, 3.63) is 22.1 Å². The Kier molecular flexibility index (Phi) is 5.24. The highest BCUT2D eigenvalue weighted by Gasteiger charge is 2.39. The van der Waals surface area contributed by atoms with Crippen LogP contribution >= 0.6 is 0 Å². The molecule has 0 aromatic carbocycles. The number of nitrogen functional groups attached to an aromatic ring is 1. The van der Waals surface area contributed by atoms with Gasteiger partial charge in [-0.25, -0.2) is 4.98 Å². The minimum Gasteiger partial charge on any atom is -0.416 e. The SMILES string of the molecule is CC(C)(C)[Si](C)(C)OCC1CN(Cc2c[nH]c3c(=O)[nH]c(N)nc23)CC1O. The number of aliphatic hydroxyl groups excluding tert-OH is 1. The number of rotatable bonds is 5. The Morgan fingerprint density at radius 2 is 2.11 bits per heavy atom. The number of hydrogen-bond acceptors (Lipinski definition) is 6. The molecule has 1 fully saturated rings. The Bertz CT molecular complexity index is 870. The van der Waals surface area contributed by atoms with Gasteiger partial charge in [0.25, 0.3) is 5.56 Å². The maximum Gasteiger partial charge on any atom is 0.276 e. The van der Waals surface area contributed by atoms with Gasteiger partial charge in [-0.1, -0.05) is 20.8 Å². The van der Waals surface area contributed by atoms with Crippen LogP contribution in [0.15, 0.2) is 11.0 Å². The van der Waals surface area contributed by atoms with Crippen molar-refractivity contribution in [3.63, 3.8) is 0 Å². The van der Waals surface area contributed by atoms with Gasteiger partial charge >= 0.3 is 0 Å². The van der Waals surface area contributed by atoms with Crippen molar-refractivity contribution in [2.75, 3.05) is 25.4 Å². The molecular formula is C18H31N5O3Si. The number of β-amino-alcohol motifs (C(OH)–C–C–N with tert-alkyl or cyclic N) is 1. The third-order valence-corrected chi connectivity index (χ3v) is 10.5. The summed E-state index contributed by atoms with van der Waals surface area (Å²) in [5, 5.41) is 10.6. The van der Waals surface area contributed by atoms with Gasteiger partial charge in [0.1, 0.15) is 11.0 Å². The molecule has 9 heteroatoms. The number of aromatic amines is 2. The number of likely N-dealkylation sites (tertiary alicyclic amines) is 1. The Balaban J connectivity index is 1.66. The third-order valence-electron chi connectivity index (χ3n) is 5.97. The van der Waals surface area contributed by atoms with E-state index in [-0.39, 0.29) is 22.5 Å². The molecule has 0 radical (unpaired) electrons. The number of nitrogens with two attached hydrogens (primary N) is 1. The summed E-state index contributed by atoms with van der Waals surface area (Å²) in [5.41, 5.74) is 7.32. The van der Waals surface area contributed by atoms with Gasteiger partial charge in [-0.2, -0.15) is 0 Å². The van der Waals surface area contributed by atoms with E-state index < -0.39 is 14.4 Å². The predicted molar refractivity (Wildman–Crippen MR) is 109 cm³/mol. The molecule has 2 aromatic rings. The topological polar surface area (TPSA) is 120 Å². The van der Waals surface area contributed by atoms with E-state index in [0.717, 1.165) is 12.1 Å². The van der Waals surface area contributed by atoms with E-state index in [1.54, 1.807) is 6.20 Å². The average Bonchev–Trinajstić information content (AvgIpc) is 3.08. The first-order valence-corrected chi connectivity index (χ1v) is 12.3. The summed E-state index contributed by atoms with van der Waals surface area (Å²) in [6, 6.07) is 0. The molecule has 8 nitrogen and oxygen atoms in total. The highest BCUT2D eigenvalue weighted by atomic mass is 28.4. The second-order valence-corrected chi connectivity index (χ2v) is 13.9. The minimum absolute atomic E-state index is 0.0887. The van der Waals surface area contributed by atoms with Gasteiger partial charge in [0, 0.05) is 43.9 Å². The number of nitrogens with one attached hydrogen (secondary N) is 2. The molecule has 1 aliphatic rings. The van der Waals surface area contributed by atoms with Gasteiger partial charge in [-0.15, -0.1) is 0 Å². The van der Waals surface area contributed by atoms with Crippen LogP contribution in [0.2, 0.25) is 18.1 Å². The number of fused-ring (bicyclic) bond motifs is 1. The molecule has 1 saturated heterocycles. The first-order valence-electron chi connectivity index (χ1n) is 9.38. The zero-order chi connectivity index (χ0) is 20.0. The van der Waals surface area contributed by atoms with Crippen molar-refractivity contribution in [2.45, 2.75) is 51.6 Å². The summed E-state index contributed by atoms with van der Waals surface area (Å²) in [4.78, 5) is 23.8. The number of hydrogen-bond donors (Lipinski definition) is 4. The van der Waals surface area contributed by atoms with Gasteiger partial charge in [0.15, 0.2) is 8.32 Å². The molecule has 2 aromatic heterocycles. The smallest absolute Gasteiger partial charge is 0.276 e. The van der Waals surface area contributed by atoms with E-state index in [4.69, 9.17) is 10.2 Å². The van der Waals surface area contributed by atoms with Crippen LogP contribution in [0.3, 0.4) is 0 Å². The van der Waals surface area contributed by atoms with Crippen LogP contribution in [0.4, 0.5) is 5.95 Å². The van der Waals surface area contributed by atoms with E-state index in [1.807, 2.05) is 0 Å². The highest BCUT2D eigenvalue weighted by Crippen LogP contribution is 2.37. The Hall–Kier alpha value is -1.68. The van der Waals surface area contributed by atoms with Crippen molar-refractivity contribution in [1.29, 1.82) is 0 Å². The average molecular weight is 394 g/mol. The summed E-state index contributed by atoms with van der Waals surface area (Å²) >= 11 is 0. The lowest BCUT2D eigenvalue weighted by Gasteiger charge is -2.37. The molecular weight excluding hydrogens is 362 g/mol. The lowest BCUT2D eigenvalue weighted by molar-refractivity contribution is 0.106. The van der Waals surface area contributed by atoms with Crippen molar-refractivity contribution >= 4 is 25.3 Å². The minimum atomic E-state index is -1.83. The third kappa shape index (κ3) is 4.10. The lowest BCUT2D eigenvalue weighted by Crippen LogP contribution is -2.43. The monoisotopic (exact) mass is 393 g/mol. The fourth-order valence-corrected chi connectivity index (χ4v) is 4.28. The number of H-pyrrole nitrogens is 2. The van der Waals surface area contributed by atoms with Crippen LogP contribution in [0.25, 0.3) is 11.0 Å². The molecule has 3 rings (SSSR count). The molecule has 0 aliphatic carbocycles. The van der Waals surface area contributed by atoms with E-state index in [2.05, 4.69) is 53.7 Å². The Labute approximate surface area is 160 Å². The largest absolute Gasteiger partial charge is 0.416 e. The first kappa shape index (κ1) is 20.1. The zero-order valence-corrected chi connectivity index (χ0v) is 17.8. The van der Waals surface area contributed by atoms with Crippen molar-refractivity contribution in [3.8, 4) is 0 Å². The van der Waals surface area contributed by atoms with Gasteiger partial charge in [-0.05, 0) is 18.1 Å². The first-order chi connectivity index (χ1) is 12.5. The number of aliphatic hydroxyl groups is 1. The number of anilines is 1. The van der Waals surface area contributed by atoms with Crippen molar-refractivity contribution in [1.82, 2.24) is 19.9 Å². The second kappa shape index (κ2) is 7.05. The van der Waals surface area contributed by atoms with Crippen LogP contribution in [0.5, 0.6) is 0 Å². The summed E-state index contributed by atoms with van der Waals surface area (Å²) in [7, 11) is -1.83. The van der Waals surface area contributed by atoms with E-state index in [0.29, 0.717) is 30.7 Å². The van der Waals surface area contributed by atoms with E-state index >= 15 is 0 Å². The fraction of sp³-hybridized carbons (Fsp3) is 0.667. The quantitative estimate of drug-likeness (QED) is 0.573. The number of nitrogens with zero attached hydrogens (tertiary/aromatic N) is 2. The molecule has 150 valence electrons. The van der Waals surface area contributed by atoms with Crippen LogP contribution in [0.1, 0.15) is 26.3 Å². The van der Waals surface area contributed by atoms with Gasteiger partial charge in [0.2, 0.25) is 5.95 Å². The molecule has 0 spiro atoms. The van der Waals surface area contributed by atoms with Gasteiger partial charge in [0.05, 0.1) is 6.10 Å². The Morgan fingerprint density at radius 3 is 2.78 bits per heavy atom. The molecule has 2 unspecified atom stereocenters. The molecule has 3 heterocycles. The van der Waals surface area contributed by atoms with Gasteiger partial charge in [-0.3, -0.25) is 14.7 Å². The van der Waals surface area contributed by atoms with Crippen LogP contribution in [-0.2, 0) is 11.0 Å². The molecule has 27 heavy (non-hydrogen) atoms. The molecule has 2 atom stereocenters. The fourth-order valence-electron chi connectivity index (χ4n) is 3.21. The summed E-state index contributed by atoms with van der Waals surface area (Å²) < 4.78 is 6.31. The number of aromatic nitrogens is 3. The lowest BCUT2D eigenvalue weighted by atomic mass is 10.1.